The highest BCUT2D eigenvalue weighted by atomic mass is 16.7. The summed E-state index contributed by atoms with van der Waals surface area (Å²) in [7, 11) is 0. The number of rotatable bonds is 3. The van der Waals surface area contributed by atoms with Gasteiger partial charge in [-0.15, -0.1) is 0 Å². The molecule has 136 valence electrons. The molecule has 2 aliphatic rings. The van der Waals surface area contributed by atoms with E-state index in [1.807, 2.05) is 0 Å². The van der Waals surface area contributed by atoms with Crippen LogP contribution in [0.25, 0.3) is 0 Å². The predicted molar refractivity (Wildman–Crippen MR) is 75.0 cm³/mol. The second-order valence-electron chi connectivity index (χ2n) is 5.83. The van der Waals surface area contributed by atoms with Crippen LogP contribution < -0.4 is 0 Å². The summed E-state index contributed by atoms with van der Waals surface area (Å²) in [6.45, 7) is -0.639. The second-order valence-corrected chi connectivity index (χ2v) is 5.83. The number of hydrogen-bond donors (Lipinski definition) is 7. The van der Waals surface area contributed by atoms with Gasteiger partial charge < -0.3 is 45.2 Å². The van der Waals surface area contributed by atoms with Crippen LogP contribution in [0, 0.1) is 11.3 Å². The van der Waals surface area contributed by atoms with Crippen LogP contribution >= 0.6 is 0 Å². The second kappa shape index (κ2) is 7.83. The number of ether oxygens (including phenoxy) is 2. The number of aliphatic hydroxyl groups excluding tert-OH is 7. The summed E-state index contributed by atoms with van der Waals surface area (Å²) >= 11 is 0. The van der Waals surface area contributed by atoms with E-state index in [2.05, 4.69) is 0 Å². The Morgan fingerprint density at radius 3 is 2.33 bits per heavy atom. The lowest BCUT2D eigenvalue weighted by atomic mass is 9.84. The van der Waals surface area contributed by atoms with Gasteiger partial charge in [0, 0.05) is 18.1 Å². The van der Waals surface area contributed by atoms with Gasteiger partial charge in [-0.2, -0.15) is 5.26 Å². The Kier molecular flexibility index (Phi) is 6.27. The number of aliphatic hydroxyl groups is 7. The molecule has 0 amide bonds. The fourth-order valence-electron chi connectivity index (χ4n) is 2.82. The fraction of sp³-hybridized carbons (Fsp3) is 0.786. The minimum absolute atomic E-state index is 0.0211. The highest BCUT2D eigenvalue weighted by molar-refractivity contribution is 5.26. The Labute approximate surface area is 137 Å². The zero-order valence-corrected chi connectivity index (χ0v) is 12.6. The van der Waals surface area contributed by atoms with E-state index in [-0.39, 0.29) is 12.0 Å². The van der Waals surface area contributed by atoms with Crippen LogP contribution in [0.4, 0.5) is 0 Å². The van der Waals surface area contributed by atoms with Crippen molar-refractivity contribution in [3.8, 4) is 6.07 Å². The molecular formula is C14H21NO9. The van der Waals surface area contributed by atoms with Crippen molar-refractivity contribution in [2.45, 2.75) is 61.5 Å². The summed E-state index contributed by atoms with van der Waals surface area (Å²) in [5.41, 5.74) is -0.0211. The third-order valence-electron chi connectivity index (χ3n) is 4.26. The molecule has 0 aromatic rings. The maximum absolute atomic E-state index is 9.95. The lowest BCUT2D eigenvalue weighted by Crippen LogP contribution is -2.60. The first-order valence-corrected chi connectivity index (χ1v) is 7.41. The zero-order chi connectivity index (χ0) is 18.0. The first kappa shape index (κ1) is 19.2. The van der Waals surface area contributed by atoms with Crippen molar-refractivity contribution in [1.29, 1.82) is 5.26 Å². The Morgan fingerprint density at radius 2 is 1.75 bits per heavy atom. The molecular weight excluding hydrogens is 326 g/mol. The van der Waals surface area contributed by atoms with Crippen molar-refractivity contribution in [2.24, 2.45) is 0 Å². The highest BCUT2D eigenvalue weighted by Crippen LogP contribution is 2.31. The smallest absolute Gasteiger partial charge is 0.187 e. The van der Waals surface area contributed by atoms with Crippen LogP contribution in [0.3, 0.4) is 0 Å². The van der Waals surface area contributed by atoms with Gasteiger partial charge in [-0.3, -0.25) is 0 Å². The van der Waals surface area contributed by atoms with Gasteiger partial charge in [0.25, 0.3) is 0 Å². The van der Waals surface area contributed by atoms with E-state index in [0.717, 1.165) is 6.08 Å². The predicted octanol–water partition coefficient (Wildman–Crippen LogP) is -3.89. The number of hydrogen-bond acceptors (Lipinski definition) is 10. The Morgan fingerprint density at radius 1 is 1.08 bits per heavy atom. The van der Waals surface area contributed by atoms with E-state index in [1.54, 1.807) is 6.07 Å². The minimum atomic E-state index is -1.66. The molecule has 1 heterocycles. The molecule has 0 spiro atoms. The van der Waals surface area contributed by atoms with Crippen molar-refractivity contribution in [3.05, 3.63) is 11.6 Å². The lowest BCUT2D eigenvalue weighted by Gasteiger charge is -2.43. The number of nitriles is 1. The van der Waals surface area contributed by atoms with E-state index in [0.29, 0.717) is 0 Å². The monoisotopic (exact) mass is 347 g/mol. The molecule has 1 saturated carbocycles. The van der Waals surface area contributed by atoms with E-state index in [4.69, 9.17) is 19.8 Å². The highest BCUT2D eigenvalue weighted by Gasteiger charge is 2.47. The van der Waals surface area contributed by atoms with Crippen molar-refractivity contribution in [3.63, 3.8) is 0 Å². The van der Waals surface area contributed by atoms with Crippen molar-refractivity contribution >= 4 is 0 Å². The number of allylic oxidation sites excluding steroid dienone is 1. The molecule has 1 aliphatic carbocycles. The third-order valence-corrected chi connectivity index (χ3v) is 4.26. The lowest BCUT2D eigenvalue weighted by molar-refractivity contribution is -0.312. The van der Waals surface area contributed by atoms with Gasteiger partial charge in [0.2, 0.25) is 0 Å². The molecule has 0 aromatic heterocycles. The van der Waals surface area contributed by atoms with Gasteiger partial charge in [-0.05, 0) is 0 Å². The molecule has 2 fully saturated rings. The molecule has 1 saturated heterocycles. The Balaban J connectivity index is 2.18. The summed E-state index contributed by atoms with van der Waals surface area (Å²) in [5, 5.41) is 76.7. The van der Waals surface area contributed by atoms with Crippen LogP contribution in [-0.2, 0) is 9.47 Å². The van der Waals surface area contributed by atoms with Gasteiger partial charge in [-0.25, -0.2) is 0 Å². The zero-order valence-electron chi connectivity index (χ0n) is 12.6. The standard InChI is InChI=1S/C14H21NO9/c15-2-1-5-7(3-6(17)10(19)9(5)18)23-14-13(22)12(21)11(20)8(4-16)24-14/h1,6-14,16-22H,3-4H2/b5-1+/t6-,7+,8+,9-,10-,11+,12-,13+,14+/m0/s1. The summed E-state index contributed by atoms with van der Waals surface area (Å²) in [6, 6.07) is 1.69. The Bertz CT molecular complexity index is 505. The van der Waals surface area contributed by atoms with Crippen molar-refractivity contribution in [1.82, 2.24) is 0 Å². The van der Waals surface area contributed by atoms with Gasteiger partial charge in [0.15, 0.2) is 6.29 Å². The first-order valence-electron chi connectivity index (χ1n) is 7.41. The molecule has 1 aliphatic heterocycles. The average Bonchev–Trinajstić information content (AvgIpc) is 2.56. The van der Waals surface area contributed by atoms with Gasteiger partial charge in [0.05, 0.1) is 24.9 Å². The summed E-state index contributed by atoms with van der Waals surface area (Å²) in [6.07, 6.45) is -12.2. The molecule has 0 unspecified atom stereocenters. The quantitative estimate of drug-likeness (QED) is 0.249. The average molecular weight is 347 g/mol. The van der Waals surface area contributed by atoms with E-state index in [1.165, 1.54) is 0 Å². The van der Waals surface area contributed by atoms with E-state index in [9.17, 15) is 30.6 Å². The summed E-state index contributed by atoms with van der Waals surface area (Å²) in [5.74, 6) is 0. The largest absolute Gasteiger partial charge is 0.394 e. The maximum atomic E-state index is 9.95. The normalized spacial score (nSPS) is 48.2. The molecule has 0 bridgehead atoms. The molecule has 10 nitrogen and oxygen atoms in total. The van der Waals surface area contributed by atoms with E-state index < -0.39 is 61.7 Å². The first-order chi connectivity index (χ1) is 11.3. The fourth-order valence-corrected chi connectivity index (χ4v) is 2.82. The summed E-state index contributed by atoms with van der Waals surface area (Å²) < 4.78 is 10.6. The molecule has 0 radical (unpaired) electrons. The topological polar surface area (TPSA) is 184 Å². The molecule has 9 atom stereocenters. The van der Waals surface area contributed by atoms with Crippen LogP contribution in [0.1, 0.15) is 6.42 Å². The van der Waals surface area contributed by atoms with Crippen LogP contribution in [0.5, 0.6) is 0 Å². The molecule has 10 heteroatoms. The number of nitrogens with zero attached hydrogens (tertiary/aromatic N) is 1. The Hall–Kier alpha value is -1.13. The summed E-state index contributed by atoms with van der Waals surface area (Å²) in [4.78, 5) is 0. The van der Waals surface area contributed by atoms with Crippen LogP contribution in [0.15, 0.2) is 11.6 Å². The van der Waals surface area contributed by atoms with Crippen LogP contribution in [-0.4, -0.2) is 97.5 Å². The van der Waals surface area contributed by atoms with Crippen molar-refractivity contribution < 1.29 is 45.2 Å². The molecule has 2 rings (SSSR count). The van der Waals surface area contributed by atoms with E-state index >= 15 is 0 Å². The maximum Gasteiger partial charge on any atom is 0.187 e. The van der Waals surface area contributed by atoms with Gasteiger partial charge in [-0.1, -0.05) is 0 Å². The van der Waals surface area contributed by atoms with Gasteiger partial charge in [0.1, 0.15) is 36.6 Å². The SMILES string of the molecule is N#C/C=C1\[C@H](O[C@@H]2O[C@H](CO)[C@@H](O)[C@H](O)[C@H]2O)C[C@H](O)[C@H](O)[C@H]1O. The minimum Gasteiger partial charge on any atom is -0.394 e. The van der Waals surface area contributed by atoms with Crippen LogP contribution in [0.2, 0.25) is 0 Å². The van der Waals surface area contributed by atoms with Gasteiger partial charge >= 0.3 is 0 Å². The molecule has 0 aromatic carbocycles. The third kappa shape index (κ3) is 3.60. The molecule has 7 N–H and O–H groups in total. The van der Waals surface area contributed by atoms with Crippen molar-refractivity contribution in [2.75, 3.05) is 6.61 Å². The molecule has 24 heavy (non-hydrogen) atoms.